The zero-order valence-corrected chi connectivity index (χ0v) is 14.5. The Kier molecular flexibility index (Phi) is 5.56. The molecule has 1 heterocycles. The van der Waals surface area contributed by atoms with Crippen LogP contribution in [0.25, 0.3) is 17.2 Å². The molecule has 25 heavy (non-hydrogen) atoms. The number of alkyl carbamates (subject to hydrolysis) is 1. The van der Waals surface area contributed by atoms with E-state index in [4.69, 9.17) is 4.74 Å². The molecule has 0 saturated carbocycles. The van der Waals surface area contributed by atoms with Crippen LogP contribution in [0.15, 0.2) is 31.1 Å². The lowest BCUT2D eigenvalue weighted by Crippen LogP contribution is -2.34. The van der Waals surface area contributed by atoms with Gasteiger partial charge in [-0.2, -0.15) is 5.10 Å². The van der Waals surface area contributed by atoms with Gasteiger partial charge in [0.15, 0.2) is 11.6 Å². The van der Waals surface area contributed by atoms with Crippen LogP contribution in [-0.2, 0) is 11.3 Å². The SMILES string of the molecule is C=Cc1ccc(-c2cnn(CCNC(=O)OC(C)(C)C)c2)c(F)c1F. The number of hydrogen-bond acceptors (Lipinski definition) is 3. The van der Waals surface area contributed by atoms with Gasteiger partial charge in [-0.15, -0.1) is 0 Å². The second kappa shape index (κ2) is 7.46. The molecule has 7 heteroatoms. The summed E-state index contributed by atoms with van der Waals surface area (Å²) >= 11 is 0. The van der Waals surface area contributed by atoms with E-state index in [0.717, 1.165) is 0 Å². The smallest absolute Gasteiger partial charge is 0.407 e. The highest BCUT2D eigenvalue weighted by Gasteiger charge is 2.16. The van der Waals surface area contributed by atoms with Crippen LogP contribution in [0.5, 0.6) is 0 Å². The average Bonchev–Trinajstić information content (AvgIpc) is 2.96. The Morgan fingerprint density at radius 3 is 2.72 bits per heavy atom. The molecule has 0 aliphatic heterocycles. The van der Waals surface area contributed by atoms with Crippen LogP contribution < -0.4 is 5.32 Å². The first-order valence-corrected chi connectivity index (χ1v) is 7.81. The molecule has 2 aromatic rings. The number of hydrogen-bond donors (Lipinski definition) is 1. The molecule has 0 saturated heterocycles. The number of carbonyl (C=O) groups is 1. The van der Waals surface area contributed by atoms with Crippen molar-refractivity contribution in [2.75, 3.05) is 6.54 Å². The lowest BCUT2D eigenvalue weighted by Gasteiger charge is -2.19. The lowest BCUT2D eigenvalue weighted by atomic mass is 10.1. The summed E-state index contributed by atoms with van der Waals surface area (Å²) in [4.78, 5) is 11.6. The molecular weight excluding hydrogens is 328 g/mol. The van der Waals surface area contributed by atoms with Gasteiger partial charge in [0, 0.05) is 29.4 Å². The third kappa shape index (κ3) is 4.89. The van der Waals surface area contributed by atoms with Gasteiger partial charge < -0.3 is 10.1 Å². The Balaban J connectivity index is 2.00. The van der Waals surface area contributed by atoms with Gasteiger partial charge in [0.05, 0.1) is 12.7 Å². The first-order chi connectivity index (χ1) is 11.7. The van der Waals surface area contributed by atoms with E-state index in [1.165, 1.54) is 29.1 Å². The highest BCUT2D eigenvalue weighted by Crippen LogP contribution is 2.26. The fourth-order valence-corrected chi connectivity index (χ4v) is 2.16. The lowest BCUT2D eigenvalue weighted by molar-refractivity contribution is 0.0525. The van der Waals surface area contributed by atoms with Crippen LogP contribution in [0.2, 0.25) is 0 Å². The monoisotopic (exact) mass is 349 g/mol. The molecule has 2 rings (SSSR count). The van der Waals surface area contributed by atoms with E-state index in [2.05, 4.69) is 17.0 Å². The Morgan fingerprint density at radius 1 is 1.36 bits per heavy atom. The number of rotatable bonds is 5. The molecule has 1 amide bonds. The number of halogens is 2. The van der Waals surface area contributed by atoms with Gasteiger partial charge in [-0.25, -0.2) is 13.6 Å². The van der Waals surface area contributed by atoms with Crippen molar-refractivity contribution in [1.29, 1.82) is 0 Å². The fourth-order valence-electron chi connectivity index (χ4n) is 2.16. The van der Waals surface area contributed by atoms with Crippen LogP contribution >= 0.6 is 0 Å². The van der Waals surface area contributed by atoms with Gasteiger partial charge in [-0.3, -0.25) is 4.68 Å². The van der Waals surface area contributed by atoms with E-state index < -0.39 is 23.3 Å². The summed E-state index contributed by atoms with van der Waals surface area (Å²) < 4.78 is 34.6. The first-order valence-electron chi connectivity index (χ1n) is 7.81. The second-order valence-corrected chi connectivity index (χ2v) is 6.46. The van der Waals surface area contributed by atoms with Crippen molar-refractivity contribution in [2.45, 2.75) is 32.9 Å². The maximum absolute atomic E-state index is 14.1. The summed E-state index contributed by atoms with van der Waals surface area (Å²) in [5.41, 5.74) is 0.108. The Morgan fingerprint density at radius 2 is 2.08 bits per heavy atom. The summed E-state index contributed by atoms with van der Waals surface area (Å²) in [7, 11) is 0. The predicted octanol–water partition coefficient (Wildman–Crippen LogP) is 4.00. The molecule has 0 unspecified atom stereocenters. The summed E-state index contributed by atoms with van der Waals surface area (Å²) in [6.45, 7) is 9.43. The summed E-state index contributed by atoms with van der Waals surface area (Å²) in [6, 6.07) is 2.94. The van der Waals surface area contributed by atoms with Crippen molar-refractivity contribution in [1.82, 2.24) is 15.1 Å². The molecule has 1 aromatic carbocycles. The van der Waals surface area contributed by atoms with Crippen LogP contribution in [0, 0.1) is 11.6 Å². The maximum atomic E-state index is 14.1. The van der Waals surface area contributed by atoms with E-state index >= 15 is 0 Å². The number of carbonyl (C=O) groups excluding carboxylic acids is 1. The molecule has 0 fully saturated rings. The minimum atomic E-state index is -0.941. The van der Waals surface area contributed by atoms with Crippen molar-refractivity contribution in [2.24, 2.45) is 0 Å². The van der Waals surface area contributed by atoms with E-state index in [0.29, 0.717) is 18.7 Å². The Hall–Kier alpha value is -2.70. The maximum Gasteiger partial charge on any atom is 0.407 e. The quantitative estimate of drug-likeness (QED) is 0.888. The Bertz CT molecular complexity index is 779. The van der Waals surface area contributed by atoms with Crippen molar-refractivity contribution in [3.8, 4) is 11.1 Å². The van der Waals surface area contributed by atoms with Gasteiger partial charge in [0.2, 0.25) is 0 Å². The number of nitrogens with zero attached hydrogens (tertiary/aromatic N) is 2. The zero-order valence-electron chi connectivity index (χ0n) is 14.5. The minimum absolute atomic E-state index is 0.107. The van der Waals surface area contributed by atoms with Crippen LogP contribution in [0.4, 0.5) is 13.6 Å². The summed E-state index contributed by atoms with van der Waals surface area (Å²) in [5, 5.41) is 6.70. The number of amides is 1. The highest BCUT2D eigenvalue weighted by molar-refractivity contribution is 5.67. The molecule has 0 bridgehead atoms. The van der Waals surface area contributed by atoms with Gasteiger partial charge in [0.1, 0.15) is 5.60 Å². The predicted molar refractivity (Wildman–Crippen MR) is 91.9 cm³/mol. The molecule has 0 aliphatic carbocycles. The molecule has 134 valence electrons. The molecule has 0 radical (unpaired) electrons. The minimum Gasteiger partial charge on any atom is -0.444 e. The van der Waals surface area contributed by atoms with Crippen LogP contribution in [0.1, 0.15) is 26.3 Å². The van der Waals surface area contributed by atoms with E-state index in [9.17, 15) is 13.6 Å². The topological polar surface area (TPSA) is 56.2 Å². The molecular formula is C18H21F2N3O2. The number of ether oxygens (including phenoxy) is 1. The third-order valence-electron chi connectivity index (χ3n) is 3.29. The average molecular weight is 349 g/mol. The van der Waals surface area contributed by atoms with E-state index in [-0.39, 0.29) is 11.1 Å². The number of nitrogens with one attached hydrogen (secondary N) is 1. The number of aromatic nitrogens is 2. The highest BCUT2D eigenvalue weighted by atomic mass is 19.2. The van der Waals surface area contributed by atoms with Crippen molar-refractivity contribution in [3.63, 3.8) is 0 Å². The van der Waals surface area contributed by atoms with Crippen molar-refractivity contribution >= 4 is 12.2 Å². The summed E-state index contributed by atoms with van der Waals surface area (Å²) in [5.74, 6) is -1.88. The van der Waals surface area contributed by atoms with Gasteiger partial charge in [0.25, 0.3) is 0 Å². The van der Waals surface area contributed by atoms with Gasteiger partial charge >= 0.3 is 6.09 Å². The van der Waals surface area contributed by atoms with Crippen molar-refractivity contribution in [3.05, 3.63) is 48.3 Å². The molecule has 1 aromatic heterocycles. The third-order valence-corrected chi connectivity index (χ3v) is 3.29. The molecule has 5 nitrogen and oxygen atoms in total. The number of benzene rings is 1. The van der Waals surface area contributed by atoms with E-state index in [1.807, 2.05) is 0 Å². The molecule has 1 N–H and O–H groups in total. The Labute approximate surface area is 145 Å². The molecule has 0 aliphatic rings. The first kappa shape index (κ1) is 18.6. The molecule has 0 atom stereocenters. The van der Waals surface area contributed by atoms with E-state index in [1.54, 1.807) is 27.0 Å². The van der Waals surface area contributed by atoms with Crippen molar-refractivity contribution < 1.29 is 18.3 Å². The standard InChI is InChI=1S/C18H21F2N3O2/c1-5-12-6-7-14(16(20)15(12)19)13-10-22-23(11-13)9-8-21-17(24)25-18(2,3)4/h5-7,10-11H,1,8-9H2,2-4H3,(H,21,24). The van der Waals surface area contributed by atoms with Gasteiger partial charge in [-0.1, -0.05) is 24.8 Å². The zero-order chi connectivity index (χ0) is 18.6. The van der Waals surface area contributed by atoms with Gasteiger partial charge in [-0.05, 0) is 20.8 Å². The van der Waals surface area contributed by atoms with Crippen LogP contribution in [0.3, 0.4) is 0 Å². The van der Waals surface area contributed by atoms with Crippen LogP contribution in [-0.4, -0.2) is 28.0 Å². The summed E-state index contributed by atoms with van der Waals surface area (Å²) in [6.07, 6.45) is 3.77. The fraction of sp³-hybridized carbons (Fsp3) is 0.333. The normalized spacial score (nSPS) is 11.2. The molecule has 0 spiro atoms. The largest absolute Gasteiger partial charge is 0.444 e. The second-order valence-electron chi connectivity index (χ2n) is 6.46.